The monoisotopic (exact) mass is 279 g/mol. The summed E-state index contributed by atoms with van der Waals surface area (Å²) in [7, 11) is 0. The summed E-state index contributed by atoms with van der Waals surface area (Å²) in [6.07, 6.45) is 6.04. The highest BCUT2D eigenvalue weighted by Gasteiger charge is 2.00. The lowest BCUT2D eigenvalue weighted by atomic mass is 10.2. The number of hydrogen-bond donors (Lipinski definition) is 1. The zero-order valence-corrected chi connectivity index (χ0v) is 12.4. The first-order valence-electron chi connectivity index (χ1n) is 7.20. The van der Waals surface area contributed by atoms with Gasteiger partial charge in [0.15, 0.2) is 0 Å². The van der Waals surface area contributed by atoms with Crippen LogP contribution in [0.3, 0.4) is 0 Å². The minimum absolute atomic E-state index is 0.337. The smallest absolute Gasteiger partial charge is 0.119 e. The quantitative estimate of drug-likeness (QED) is 0.779. The van der Waals surface area contributed by atoms with Crippen molar-refractivity contribution < 1.29 is 4.74 Å². The Labute approximate surface area is 127 Å². The Morgan fingerprint density at radius 2 is 1.76 bits per heavy atom. The van der Waals surface area contributed by atoms with Gasteiger partial charge in [-0.1, -0.05) is 42.5 Å². The SMILES string of the molecule is C#CCC(C)NCc1ccc(OCc2ccccc2)cc1. The summed E-state index contributed by atoms with van der Waals surface area (Å²) in [5, 5.41) is 3.39. The third-order valence-corrected chi connectivity index (χ3v) is 3.25. The van der Waals surface area contributed by atoms with Crippen LogP contribution >= 0.6 is 0 Å². The topological polar surface area (TPSA) is 21.3 Å². The van der Waals surface area contributed by atoms with Gasteiger partial charge in [-0.3, -0.25) is 0 Å². The van der Waals surface area contributed by atoms with Crippen molar-refractivity contribution in [3.05, 3.63) is 65.7 Å². The van der Waals surface area contributed by atoms with Crippen LogP contribution in [0.15, 0.2) is 54.6 Å². The van der Waals surface area contributed by atoms with E-state index in [1.807, 2.05) is 30.3 Å². The van der Waals surface area contributed by atoms with Crippen LogP contribution in [0.25, 0.3) is 0 Å². The van der Waals surface area contributed by atoms with Crippen LogP contribution in [0.2, 0.25) is 0 Å². The van der Waals surface area contributed by atoms with E-state index in [-0.39, 0.29) is 0 Å². The lowest BCUT2D eigenvalue weighted by Gasteiger charge is -2.11. The van der Waals surface area contributed by atoms with Crippen molar-refractivity contribution in [2.24, 2.45) is 0 Å². The van der Waals surface area contributed by atoms with Gasteiger partial charge in [0.2, 0.25) is 0 Å². The summed E-state index contributed by atoms with van der Waals surface area (Å²) in [6.45, 7) is 3.51. The predicted molar refractivity (Wildman–Crippen MR) is 87.0 cm³/mol. The molecule has 2 heteroatoms. The van der Waals surface area contributed by atoms with Gasteiger partial charge >= 0.3 is 0 Å². The summed E-state index contributed by atoms with van der Waals surface area (Å²) in [4.78, 5) is 0. The normalized spacial score (nSPS) is 11.6. The molecule has 0 spiro atoms. The third kappa shape index (κ3) is 5.33. The highest BCUT2D eigenvalue weighted by Crippen LogP contribution is 2.14. The Bertz CT molecular complexity index is 569. The van der Waals surface area contributed by atoms with Crippen LogP contribution in [0.4, 0.5) is 0 Å². The highest BCUT2D eigenvalue weighted by atomic mass is 16.5. The summed E-state index contributed by atoms with van der Waals surface area (Å²) in [5.41, 5.74) is 2.40. The highest BCUT2D eigenvalue weighted by molar-refractivity contribution is 5.27. The second-order valence-electron chi connectivity index (χ2n) is 5.11. The van der Waals surface area contributed by atoms with Gasteiger partial charge in [0.05, 0.1) is 0 Å². The Hall–Kier alpha value is -2.24. The summed E-state index contributed by atoms with van der Waals surface area (Å²) in [5.74, 6) is 3.55. The number of hydrogen-bond acceptors (Lipinski definition) is 2. The van der Waals surface area contributed by atoms with E-state index in [1.165, 1.54) is 11.1 Å². The molecule has 0 aliphatic heterocycles. The molecule has 0 bridgehead atoms. The molecular weight excluding hydrogens is 258 g/mol. The molecule has 1 N–H and O–H groups in total. The molecule has 0 saturated heterocycles. The third-order valence-electron chi connectivity index (χ3n) is 3.25. The molecule has 2 nitrogen and oxygen atoms in total. The molecule has 2 rings (SSSR count). The molecule has 1 atom stereocenters. The van der Waals surface area contributed by atoms with Crippen molar-refractivity contribution in [3.63, 3.8) is 0 Å². The van der Waals surface area contributed by atoms with Gasteiger partial charge in [0.25, 0.3) is 0 Å². The Morgan fingerprint density at radius 1 is 1.05 bits per heavy atom. The molecule has 2 aromatic rings. The fourth-order valence-electron chi connectivity index (χ4n) is 1.99. The second kappa shape index (κ2) is 8.14. The largest absolute Gasteiger partial charge is 0.489 e. The van der Waals surface area contributed by atoms with Gasteiger partial charge in [-0.2, -0.15) is 0 Å². The maximum Gasteiger partial charge on any atom is 0.119 e. The Kier molecular flexibility index (Phi) is 5.87. The van der Waals surface area contributed by atoms with E-state index in [4.69, 9.17) is 11.2 Å². The molecule has 2 aromatic carbocycles. The minimum atomic E-state index is 0.337. The number of nitrogens with one attached hydrogen (secondary N) is 1. The predicted octanol–water partition coefficient (Wildman–Crippen LogP) is 3.77. The first kappa shape index (κ1) is 15.2. The minimum Gasteiger partial charge on any atom is -0.489 e. The lowest BCUT2D eigenvalue weighted by molar-refractivity contribution is 0.306. The van der Waals surface area contributed by atoms with Gasteiger partial charge < -0.3 is 10.1 Å². The zero-order chi connectivity index (χ0) is 14.9. The number of benzene rings is 2. The van der Waals surface area contributed by atoms with E-state index in [1.54, 1.807) is 0 Å². The second-order valence-corrected chi connectivity index (χ2v) is 5.11. The van der Waals surface area contributed by atoms with Crippen LogP contribution in [0, 0.1) is 12.3 Å². The van der Waals surface area contributed by atoms with Gasteiger partial charge in [-0.05, 0) is 30.2 Å². The fraction of sp³-hybridized carbons (Fsp3) is 0.263. The number of ether oxygens (including phenoxy) is 1. The molecule has 0 fully saturated rings. The van der Waals surface area contributed by atoms with Crippen LogP contribution < -0.4 is 10.1 Å². The average Bonchev–Trinajstić information content (AvgIpc) is 2.53. The van der Waals surface area contributed by atoms with Crippen molar-refractivity contribution in [3.8, 4) is 18.1 Å². The van der Waals surface area contributed by atoms with E-state index in [0.717, 1.165) is 18.7 Å². The summed E-state index contributed by atoms with van der Waals surface area (Å²) < 4.78 is 5.76. The first-order valence-corrected chi connectivity index (χ1v) is 7.20. The molecule has 0 heterocycles. The molecule has 0 aromatic heterocycles. The van der Waals surface area contributed by atoms with E-state index in [0.29, 0.717) is 12.6 Å². The summed E-state index contributed by atoms with van der Waals surface area (Å²) in [6, 6.07) is 18.7. The van der Waals surface area contributed by atoms with Crippen molar-refractivity contribution in [2.75, 3.05) is 0 Å². The first-order chi connectivity index (χ1) is 10.3. The average molecular weight is 279 g/mol. The maximum absolute atomic E-state index is 5.76. The fourth-order valence-corrected chi connectivity index (χ4v) is 1.99. The van der Waals surface area contributed by atoms with Gasteiger partial charge in [0.1, 0.15) is 12.4 Å². The van der Waals surface area contributed by atoms with Gasteiger partial charge in [-0.15, -0.1) is 12.3 Å². The molecule has 0 aliphatic rings. The molecule has 21 heavy (non-hydrogen) atoms. The Morgan fingerprint density at radius 3 is 2.43 bits per heavy atom. The van der Waals surface area contributed by atoms with E-state index in [9.17, 15) is 0 Å². The van der Waals surface area contributed by atoms with E-state index < -0.39 is 0 Å². The Balaban J connectivity index is 1.80. The van der Waals surface area contributed by atoms with Crippen molar-refractivity contribution in [2.45, 2.75) is 32.5 Å². The van der Waals surface area contributed by atoms with Crippen LogP contribution in [0.5, 0.6) is 5.75 Å². The zero-order valence-electron chi connectivity index (χ0n) is 12.4. The van der Waals surface area contributed by atoms with Crippen LogP contribution in [0.1, 0.15) is 24.5 Å². The lowest BCUT2D eigenvalue weighted by Crippen LogP contribution is -2.24. The number of terminal acetylenes is 1. The maximum atomic E-state index is 5.76. The van der Waals surface area contributed by atoms with Gasteiger partial charge in [-0.25, -0.2) is 0 Å². The molecule has 108 valence electrons. The molecule has 0 radical (unpaired) electrons. The number of rotatable bonds is 7. The van der Waals surface area contributed by atoms with Crippen molar-refractivity contribution in [1.29, 1.82) is 0 Å². The standard InChI is InChI=1S/C19H21NO/c1-3-7-16(2)20-14-17-10-12-19(13-11-17)21-15-18-8-5-4-6-9-18/h1,4-6,8-13,16,20H,7,14-15H2,2H3. The molecule has 0 saturated carbocycles. The van der Waals surface area contributed by atoms with Crippen LogP contribution in [-0.4, -0.2) is 6.04 Å². The molecule has 0 aliphatic carbocycles. The molecular formula is C19H21NO. The van der Waals surface area contributed by atoms with Crippen molar-refractivity contribution in [1.82, 2.24) is 5.32 Å². The molecule has 0 amide bonds. The molecule has 1 unspecified atom stereocenters. The van der Waals surface area contributed by atoms with E-state index in [2.05, 4.69) is 42.4 Å². The van der Waals surface area contributed by atoms with E-state index >= 15 is 0 Å². The summed E-state index contributed by atoms with van der Waals surface area (Å²) >= 11 is 0. The van der Waals surface area contributed by atoms with Crippen LogP contribution in [-0.2, 0) is 13.2 Å². The van der Waals surface area contributed by atoms with Gasteiger partial charge in [0, 0.05) is 19.0 Å². The van der Waals surface area contributed by atoms with Crippen molar-refractivity contribution >= 4 is 0 Å².